The van der Waals surface area contributed by atoms with Crippen LogP contribution in [0.5, 0.6) is 0 Å². The highest BCUT2D eigenvalue weighted by atomic mass is 16.3. The van der Waals surface area contributed by atoms with Crippen molar-refractivity contribution in [3.63, 3.8) is 0 Å². The van der Waals surface area contributed by atoms with Crippen LogP contribution in [-0.4, -0.2) is 22.1 Å². The van der Waals surface area contributed by atoms with Crippen LogP contribution < -0.4 is 5.11 Å². The van der Waals surface area contributed by atoms with Crippen LogP contribution in [0.15, 0.2) is 84.0 Å². The Balaban J connectivity index is 1.84. The summed E-state index contributed by atoms with van der Waals surface area (Å²) in [5, 5.41) is 17.5. The van der Waals surface area contributed by atoms with Crippen LogP contribution in [0.2, 0.25) is 0 Å². The van der Waals surface area contributed by atoms with Crippen molar-refractivity contribution in [1.29, 1.82) is 0 Å². The molecule has 1 atom stereocenters. The number of nitrogens with zero attached hydrogens (tertiary/aromatic N) is 2. The first-order valence-electron chi connectivity index (χ1n) is 13.4. The average Bonchev–Trinajstić information content (AvgIpc) is 3.27. The maximum atomic E-state index is 14.3. The normalized spacial score (nSPS) is 16.3. The average molecular weight is 515 g/mol. The third-order valence-corrected chi connectivity index (χ3v) is 7.54. The largest absolute Gasteiger partial charge is 0.857 e. The molecule has 5 rings (SSSR count). The van der Waals surface area contributed by atoms with Gasteiger partial charge in [0.25, 0.3) is 0 Å². The molecule has 0 aliphatic carbocycles. The van der Waals surface area contributed by atoms with Crippen LogP contribution >= 0.6 is 0 Å². The van der Waals surface area contributed by atoms with Crippen molar-refractivity contribution in [3.05, 3.63) is 140 Å². The van der Waals surface area contributed by atoms with Crippen molar-refractivity contribution in [2.45, 2.75) is 54.0 Å². The quantitative estimate of drug-likeness (QED) is 0.227. The molecule has 196 valence electrons. The van der Waals surface area contributed by atoms with Crippen LogP contribution in [-0.2, 0) is 0 Å². The van der Waals surface area contributed by atoms with Gasteiger partial charge in [0.05, 0.1) is 17.5 Å². The van der Waals surface area contributed by atoms with Crippen LogP contribution in [0.4, 0.5) is 0 Å². The Morgan fingerprint density at radius 3 is 1.77 bits per heavy atom. The number of benzene rings is 4. The second-order valence-corrected chi connectivity index (χ2v) is 10.7. The molecule has 0 saturated carbocycles. The molecule has 0 amide bonds. The second-order valence-electron chi connectivity index (χ2n) is 10.7. The summed E-state index contributed by atoms with van der Waals surface area (Å²) < 4.78 is 1.86. The van der Waals surface area contributed by atoms with Gasteiger partial charge in [-0.05, 0) is 75.0 Å². The molecule has 0 fully saturated rings. The van der Waals surface area contributed by atoms with E-state index in [0.29, 0.717) is 5.56 Å². The molecular weight excluding hydrogens is 480 g/mol. The fourth-order valence-electron chi connectivity index (χ4n) is 6.11. The van der Waals surface area contributed by atoms with Crippen molar-refractivity contribution in [2.75, 3.05) is 0 Å². The maximum absolute atomic E-state index is 14.3. The molecule has 1 unspecified atom stereocenters. The van der Waals surface area contributed by atoms with E-state index in [1.165, 1.54) is 0 Å². The monoisotopic (exact) mass is 514 g/mol. The van der Waals surface area contributed by atoms with E-state index in [1.807, 2.05) is 80.1 Å². The van der Waals surface area contributed by atoms with Gasteiger partial charge in [0.15, 0.2) is 5.78 Å². The first-order valence-corrected chi connectivity index (χ1v) is 13.4. The molecule has 4 nitrogen and oxygen atoms in total. The highest BCUT2D eigenvalue weighted by Gasteiger charge is 2.37. The van der Waals surface area contributed by atoms with Gasteiger partial charge in [-0.2, -0.15) is 0 Å². The van der Waals surface area contributed by atoms with Gasteiger partial charge in [-0.3, -0.25) is 4.79 Å². The lowest BCUT2D eigenvalue weighted by Gasteiger charge is -2.18. The number of ketones is 1. The third kappa shape index (κ3) is 4.95. The molecule has 1 aliphatic heterocycles. The lowest BCUT2D eigenvalue weighted by molar-refractivity contribution is -0.567. The molecule has 4 aromatic rings. The van der Waals surface area contributed by atoms with Gasteiger partial charge in [-0.25, -0.2) is 0 Å². The molecule has 0 spiro atoms. The lowest BCUT2D eigenvalue weighted by Crippen LogP contribution is -2.25. The van der Waals surface area contributed by atoms with E-state index in [0.717, 1.165) is 61.3 Å². The molecule has 0 saturated heterocycles. The molecule has 0 aromatic heterocycles. The Kier molecular flexibility index (Phi) is 7.05. The Morgan fingerprint density at radius 1 is 0.718 bits per heavy atom. The van der Waals surface area contributed by atoms with Crippen LogP contribution in [0, 0.1) is 41.5 Å². The van der Waals surface area contributed by atoms with Crippen LogP contribution in [0.3, 0.4) is 0 Å². The predicted molar refractivity (Wildman–Crippen MR) is 156 cm³/mol. The molecular formula is C35H34N2O2. The zero-order chi connectivity index (χ0) is 27.8. The van der Waals surface area contributed by atoms with Crippen molar-refractivity contribution in [1.82, 2.24) is 0 Å². The molecule has 0 radical (unpaired) electrons. The van der Waals surface area contributed by atoms with Gasteiger partial charge < -0.3 is 5.11 Å². The number of carbonyl (C=O) groups excluding carboxylic acids is 1. The molecule has 1 heterocycles. The molecule has 1 aliphatic rings. The smallest absolute Gasteiger partial charge is 0.248 e. The van der Waals surface area contributed by atoms with Crippen molar-refractivity contribution < 1.29 is 14.6 Å². The molecule has 0 N–H and O–H groups in total. The van der Waals surface area contributed by atoms with Gasteiger partial charge in [0, 0.05) is 22.6 Å². The minimum Gasteiger partial charge on any atom is -0.857 e. The van der Waals surface area contributed by atoms with Crippen LogP contribution in [0.25, 0.3) is 0 Å². The first kappa shape index (κ1) is 26.3. The minimum atomic E-state index is -0.264. The summed E-state index contributed by atoms with van der Waals surface area (Å²) in [5.74, 6) is -0.194. The Hall–Kier alpha value is -4.31. The van der Waals surface area contributed by atoms with Crippen molar-refractivity contribution >= 4 is 17.4 Å². The van der Waals surface area contributed by atoms with Gasteiger partial charge in [-0.1, -0.05) is 88.6 Å². The third-order valence-electron chi connectivity index (χ3n) is 7.54. The Labute approximate surface area is 231 Å². The van der Waals surface area contributed by atoms with E-state index in [-0.39, 0.29) is 24.1 Å². The first-order chi connectivity index (χ1) is 18.7. The number of hydrogen-bond donors (Lipinski definition) is 0. The van der Waals surface area contributed by atoms with Crippen LogP contribution in [0.1, 0.15) is 78.5 Å². The standard InChI is InChI=1S/C35H34N2O2/c1-21-16-23(3)32(24(4)17-21)34(37-30(20-31(38)36-37)27-12-8-7-9-13-27)28-14-10-11-15-29(28)35(39)33-25(5)18-22(2)19-26(33)6/h7-19,30H,20H2,1-6H3. The summed E-state index contributed by atoms with van der Waals surface area (Å²) >= 11 is 0. The van der Waals surface area contributed by atoms with Gasteiger partial charge in [-0.15, -0.1) is 0 Å². The molecule has 4 aromatic carbocycles. The maximum Gasteiger partial charge on any atom is 0.248 e. The summed E-state index contributed by atoms with van der Waals surface area (Å²) in [4.78, 5) is 14.3. The topological polar surface area (TPSA) is 55.5 Å². The highest BCUT2D eigenvalue weighted by Crippen LogP contribution is 2.32. The lowest BCUT2D eigenvalue weighted by atomic mass is 9.86. The van der Waals surface area contributed by atoms with E-state index in [4.69, 9.17) is 0 Å². The number of carbonyl (C=O) groups is 1. The van der Waals surface area contributed by atoms with Crippen molar-refractivity contribution in [3.8, 4) is 0 Å². The fraction of sp³-hybridized carbons (Fsp3) is 0.229. The zero-order valence-corrected chi connectivity index (χ0v) is 23.5. The zero-order valence-electron chi connectivity index (χ0n) is 23.5. The summed E-state index contributed by atoms with van der Waals surface area (Å²) in [5.41, 5.74) is 11.3. The SMILES string of the molecule is Cc1cc(C)c(C(=O)c2ccccc2/C(c2c(C)cc(C)cc2C)=[N+]2\N=C([O-])CC2c2ccccc2)c(C)c1. The fourth-order valence-corrected chi connectivity index (χ4v) is 6.11. The number of rotatable bonds is 5. The van der Waals surface area contributed by atoms with Crippen molar-refractivity contribution in [2.24, 2.45) is 5.10 Å². The van der Waals surface area contributed by atoms with E-state index >= 15 is 0 Å². The molecule has 39 heavy (non-hydrogen) atoms. The number of hydrogen-bond acceptors (Lipinski definition) is 3. The summed E-state index contributed by atoms with van der Waals surface area (Å²) in [7, 11) is 0. The molecule has 0 bridgehead atoms. The second kappa shape index (κ2) is 10.5. The predicted octanol–water partition coefficient (Wildman–Crippen LogP) is 6.44. The van der Waals surface area contributed by atoms with Gasteiger partial charge in [0.2, 0.25) is 11.8 Å². The minimum absolute atomic E-state index is 0.0256. The Morgan fingerprint density at radius 2 is 1.21 bits per heavy atom. The Bertz CT molecular complexity index is 1620. The number of hydrazone groups is 1. The highest BCUT2D eigenvalue weighted by molar-refractivity contribution is 6.21. The van der Waals surface area contributed by atoms with E-state index in [1.54, 1.807) is 0 Å². The van der Waals surface area contributed by atoms with E-state index in [2.05, 4.69) is 50.1 Å². The summed E-state index contributed by atoms with van der Waals surface area (Å²) in [6, 6.07) is 25.9. The van der Waals surface area contributed by atoms with Gasteiger partial charge in [0.1, 0.15) is 0 Å². The van der Waals surface area contributed by atoms with Gasteiger partial charge >= 0.3 is 0 Å². The van der Waals surface area contributed by atoms with E-state index in [9.17, 15) is 9.90 Å². The summed E-state index contributed by atoms with van der Waals surface area (Å²) in [6.45, 7) is 12.3. The summed E-state index contributed by atoms with van der Waals surface area (Å²) in [6.07, 6.45) is 0.282. The number of aryl methyl sites for hydroxylation is 6. The molecule has 4 heteroatoms. The van der Waals surface area contributed by atoms with E-state index < -0.39 is 0 Å².